The van der Waals surface area contributed by atoms with Crippen molar-refractivity contribution in [2.24, 2.45) is 0 Å². The second kappa shape index (κ2) is 7.13. The maximum absolute atomic E-state index is 5.47. The van der Waals surface area contributed by atoms with Crippen molar-refractivity contribution in [3.63, 3.8) is 0 Å². The van der Waals surface area contributed by atoms with Crippen molar-refractivity contribution in [3.05, 3.63) is 35.7 Å². The summed E-state index contributed by atoms with van der Waals surface area (Å²) in [5.41, 5.74) is 3.14. The fraction of sp³-hybridized carbons (Fsp3) is 0.438. The van der Waals surface area contributed by atoms with Gasteiger partial charge in [0.2, 0.25) is 5.95 Å². The van der Waals surface area contributed by atoms with E-state index in [-0.39, 0.29) is 0 Å². The van der Waals surface area contributed by atoms with E-state index in [1.54, 1.807) is 14.2 Å². The predicted molar refractivity (Wildman–Crippen MR) is 84.6 cm³/mol. The molecule has 114 valence electrons. The predicted octanol–water partition coefficient (Wildman–Crippen LogP) is 2.95. The normalized spacial score (nSPS) is 10.7. The van der Waals surface area contributed by atoms with Crippen molar-refractivity contribution in [2.45, 2.75) is 20.3 Å². The van der Waals surface area contributed by atoms with Crippen molar-refractivity contribution < 1.29 is 9.47 Å². The summed E-state index contributed by atoms with van der Waals surface area (Å²) in [5.74, 6) is 1.66. The Morgan fingerprint density at radius 3 is 2.76 bits per heavy atom. The van der Waals surface area contributed by atoms with E-state index >= 15 is 0 Å². The van der Waals surface area contributed by atoms with Gasteiger partial charge in [0.05, 0.1) is 18.5 Å². The fourth-order valence-electron chi connectivity index (χ4n) is 2.21. The van der Waals surface area contributed by atoms with Crippen LogP contribution in [0.5, 0.6) is 5.75 Å². The number of anilines is 1. The van der Waals surface area contributed by atoms with Crippen LogP contribution in [0.3, 0.4) is 0 Å². The molecule has 0 spiro atoms. The van der Waals surface area contributed by atoms with Gasteiger partial charge in [-0.05, 0) is 38.0 Å². The lowest BCUT2D eigenvalue weighted by molar-refractivity contribution is 0.197. The molecule has 1 aromatic carbocycles. The average molecular weight is 289 g/mol. The summed E-state index contributed by atoms with van der Waals surface area (Å²) in [6.07, 6.45) is 2.95. The number of hydrogen-bond donors (Lipinski definition) is 1. The highest BCUT2D eigenvalue weighted by Crippen LogP contribution is 2.27. The number of rotatable bonds is 7. The van der Waals surface area contributed by atoms with E-state index in [4.69, 9.17) is 9.47 Å². The molecule has 1 aromatic heterocycles. The summed E-state index contributed by atoms with van der Waals surface area (Å²) >= 11 is 0. The molecule has 1 N–H and O–H groups in total. The largest absolute Gasteiger partial charge is 0.495 e. The van der Waals surface area contributed by atoms with Gasteiger partial charge in [0.25, 0.3) is 0 Å². The van der Waals surface area contributed by atoms with Crippen LogP contribution in [-0.4, -0.2) is 36.9 Å². The zero-order valence-corrected chi connectivity index (χ0v) is 13.1. The molecule has 0 unspecified atom stereocenters. The summed E-state index contributed by atoms with van der Waals surface area (Å²) in [4.78, 5) is 4.55. The first-order valence-corrected chi connectivity index (χ1v) is 7.09. The van der Waals surface area contributed by atoms with Crippen LogP contribution < -0.4 is 10.1 Å². The van der Waals surface area contributed by atoms with Crippen molar-refractivity contribution in [1.82, 2.24) is 9.55 Å². The third-order valence-corrected chi connectivity index (χ3v) is 3.23. The van der Waals surface area contributed by atoms with E-state index in [1.165, 1.54) is 5.56 Å². The lowest BCUT2D eigenvalue weighted by Gasteiger charge is -2.13. The minimum Gasteiger partial charge on any atom is -0.495 e. The van der Waals surface area contributed by atoms with Gasteiger partial charge in [-0.25, -0.2) is 4.98 Å². The van der Waals surface area contributed by atoms with Crippen LogP contribution in [0.25, 0.3) is 5.69 Å². The Kier molecular flexibility index (Phi) is 5.22. The Hall–Kier alpha value is -2.01. The third kappa shape index (κ3) is 3.76. The molecule has 0 amide bonds. The van der Waals surface area contributed by atoms with Crippen molar-refractivity contribution in [2.75, 3.05) is 32.7 Å². The molecule has 0 saturated heterocycles. The van der Waals surface area contributed by atoms with E-state index in [0.29, 0.717) is 0 Å². The molecule has 21 heavy (non-hydrogen) atoms. The standard InChI is InChI=1S/C16H23N3O2/c1-12-6-7-15(21-4)14(10-12)19-11-13(2)18-16(19)17-8-5-9-20-3/h6-7,10-11H,5,8-9H2,1-4H3,(H,17,18). The maximum Gasteiger partial charge on any atom is 0.207 e. The summed E-state index contributed by atoms with van der Waals surface area (Å²) in [5, 5.41) is 3.35. The zero-order valence-electron chi connectivity index (χ0n) is 13.1. The third-order valence-electron chi connectivity index (χ3n) is 3.23. The SMILES string of the molecule is COCCCNc1nc(C)cn1-c1cc(C)ccc1OC. The number of imidazole rings is 1. The van der Waals surface area contributed by atoms with E-state index < -0.39 is 0 Å². The number of hydrogen-bond acceptors (Lipinski definition) is 4. The first-order valence-electron chi connectivity index (χ1n) is 7.09. The highest BCUT2D eigenvalue weighted by atomic mass is 16.5. The zero-order chi connectivity index (χ0) is 15.2. The first-order chi connectivity index (χ1) is 10.2. The number of methoxy groups -OCH3 is 2. The molecule has 5 nitrogen and oxygen atoms in total. The Balaban J connectivity index is 2.29. The molecule has 5 heteroatoms. The van der Waals surface area contributed by atoms with Crippen LogP contribution in [0.1, 0.15) is 17.7 Å². The Morgan fingerprint density at radius 2 is 2.05 bits per heavy atom. The summed E-state index contributed by atoms with van der Waals surface area (Å²) in [6, 6.07) is 6.12. The van der Waals surface area contributed by atoms with Crippen LogP contribution in [0.15, 0.2) is 24.4 Å². The summed E-state index contributed by atoms with van der Waals surface area (Å²) in [7, 11) is 3.40. The summed E-state index contributed by atoms with van der Waals surface area (Å²) in [6.45, 7) is 5.61. The monoisotopic (exact) mass is 289 g/mol. The average Bonchev–Trinajstić information content (AvgIpc) is 2.84. The van der Waals surface area contributed by atoms with Crippen molar-refractivity contribution in [3.8, 4) is 11.4 Å². The van der Waals surface area contributed by atoms with Gasteiger partial charge in [0, 0.05) is 26.5 Å². The molecule has 0 atom stereocenters. The van der Waals surface area contributed by atoms with Gasteiger partial charge in [0.1, 0.15) is 5.75 Å². The van der Waals surface area contributed by atoms with E-state index in [9.17, 15) is 0 Å². The second-order valence-electron chi connectivity index (χ2n) is 5.02. The van der Waals surface area contributed by atoms with E-state index in [0.717, 1.165) is 42.7 Å². The first kappa shape index (κ1) is 15.4. The topological polar surface area (TPSA) is 48.3 Å². The molecule has 0 saturated carbocycles. The summed E-state index contributed by atoms with van der Waals surface area (Å²) < 4.78 is 12.6. The molecule has 2 rings (SSSR count). The van der Waals surface area contributed by atoms with Crippen LogP contribution in [-0.2, 0) is 4.74 Å². The molecule has 0 radical (unpaired) electrons. The van der Waals surface area contributed by atoms with Crippen molar-refractivity contribution >= 4 is 5.95 Å². The number of nitrogens with one attached hydrogen (secondary N) is 1. The molecular formula is C16H23N3O2. The molecule has 0 aliphatic rings. The fourth-order valence-corrected chi connectivity index (χ4v) is 2.21. The number of aryl methyl sites for hydroxylation is 2. The van der Waals surface area contributed by atoms with Gasteiger partial charge in [-0.1, -0.05) is 6.07 Å². The second-order valence-corrected chi connectivity index (χ2v) is 5.02. The van der Waals surface area contributed by atoms with Crippen LogP contribution in [0.2, 0.25) is 0 Å². The van der Waals surface area contributed by atoms with Gasteiger partial charge in [-0.3, -0.25) is 4.57 Å². The van der Waals surface area contributed by atoms with Gasteiger partial charge in [-0.2, -0.15) is 0 Å². The van der Waals surface area contributed by atoms with Gasteiger partial charge < -0.3 is 14.8 Å². The molecule has 0 aliphatic carbocycles. The Morgan fingerprint density at radius 1 is 1.24 bits per heavy atom. The maximum atomic E-state index is 5.47. The number of nitrogens with zero attached hydrogens (tertiary/aromatic N) is 2. The van der Waals surface area contributed by atoms with Crippen LogP contribution in [0.4, 0.5) is 5.95 Å². The van der Waals surface area contributed by atoms with E-state index in [2.05, 4.69) is 23.3 Å². The lowest BCUT2D eigenvalue weighted by atomic mass is 10.2. The van der Waals surface area contributed by atoms with E-state index in [1.807, 2.05) is 29.8 Å². The minimum absolute atomic E-state index is 0.737. The molecule has 1 heterocycles. The van der Waals surface area contributed by atoms with Gasteiger partial charge in [-0.15, -0.1) is 0 Å². The lowest BCUT2D eigenvalue weighted by Crippen LogP contribution is -2.10. The molecular weight excluding hydrogens is 266 g/mol. The molecule has 0 aliphatic heterocycles. The number of ether oxygens (including phenoxy) is 2. The number of benzene rings is 1. The van der Waals surface area contributed by atoms with Crippen molar-refractivity contribution in [1.29, 1.82) is 0 Å². The van der Waals surface area contributed by atoms with Gasteiger partial charge >= 0.3 is 0 Å². The molecule has 0 fully saturated rings. The minimum atomic E-state index is 0.737. The Labute approximate surface area is 125 Å². The molecule has 2 aromatic rings. The smallest absolute Gasteiger partial charge is 0.207 e. The highest BCUT2D eigenvalue weighted by Gasteiger charge is 2.11. The number of aromatic nitrogens is 2. The quantitative estimate of drug-likeness (QED) is 0.796. The Bertz CT molecular complexity index is 593. The molecule has 0 bridgehead atoms. The highest BCUT2D eigenvalue weighted by molar-refractivity contribution is 5.53. The van der Waals surface area contributed by atoms with Gasteiger partial charge in [0.15, 0.2) is 0 Å². The van der Waals surface area contributed by atoms with Crippen LogP contribution >= 0.6 is 0 Å². The van der Waals surface area contributed by atoms with Crippen LogP contribution in [0, 0.1) is 13.8 Å².